The quantitative estimate of drug-likeness (QED) is 0.272. The van der Waals surface area contributed by atoms with Crippen LogP contribution in [0.1, 0.15) is 38.2 Å². The van der Waals surface area contributed by atoms with Gasteiger partial charge in [0.2, 0.25) is 5.91 Å². The molecule has 0 radical (unpaired) electrons. The minimum absolute atomic E-state index is 0.00457. The van der Waals surface area contributed by atoms with Gasteiger partial charge in [0.05, 0.1) is 17.2 Å². The van der Waals surface area contributed by atoms with Crippen LogP contribution in [0.4, 0.5) is 10.8 Å². The summed E-state index contributed by atoms with van der Waals surface area (Å²) >= 11 is 1.28. The Morgan fingerprint density at radius 3 is 2.70 bits per heavy atom. The van der Waals surface area contributed by atoms with E-state index in [1.807, 2.05) is 24.3 Å². The predicted molar refractivity (Wildman–Crippen MR) is 118 cm³/mol. The van der Waals surface area contributed by atoms with Crippen LogP contribution in [0, 0.1) is 10.1 Å². The van der Waals surface area contributed by atoms with Gasteiger partial charge in [-0.3, -0.25) is 14.9 Å². The number of amides is 1. The van der Waals surface area contributed by atoms with Gasteiger partial charge in [0, 0.05) is 29.5 Å². The normalized spacial score (nSPS) is 10.8. The van der Waals surface area contributed by atoms with Gasteiger partial charge in [-0.25, -0.2) is 4.98 Å². The number of non-ortho nitro benzene ring substituents is 1. The fourth-order valence-electron chi connectivity index (χ4n) is 2.80. The van der Waals surface area contributed by atoms with Gasteiger partial charge >= 0.3 is 0 Å². The lowest BCUT2D eigenvalue weighted by atomic mass is 10.0. The Morgan fingerprint density at radius 1 is 1.23 bits per heavy atom. The summed E-state index contributed by atoms with van der Waals surface area (Å²) in [5.74, 6) is 1.13. The largest absolute Gasteiger partial charge is 0.494 e. The molecule has 0 aliphatic rings. The highest BCUT2D eigenvalue weighted by atomic mass is 32.1. The zero-order valence-electron chi connectivity index (χ0n) is 16.8. The number of hydrogen-bond acceptors (Lipinski definition) is 6. The van der Waals surface area contributed by atoms with Crippen LogP contribution >= 0.6 is 11.3 Å². The zero-order chi connectivity index (χ0) is 21.5. The maximum atomic E-state index is 12.1. The molecule has 0 unspecified atom stereocenters. The molecule has 1 aromatic heterocycles. The number of carbonyl (C=O) groups excluding carboxylic acids is 1. The fourth-order valence-corrected chi connectivity index (χ4v) is 3.53. The molecule has 0 bridgehead atoms. The molecule has 0 aliphatic carbocycles. The number of hydrogen-bond donors (Lipinski definition) is 1. The van der Waals surface area contributed by atoms with Gasteiger partial charge in [-0.05, 0) is 30.0 Å². The monoisotopic (exact) mass is 425 g/mol. The third kappa shape index (κ3) is 5.87. The average molecular weight is 426 g/mol. The molecule has 7 nitrogen and oxygen atoms in total. The van der Waals surface area contributed by atoms with E-state index < -0.39 is 4.92 Å². The zero-order valence-corrected chi connectivity index (χ0v) is 17.6. The molecule has 0 saturated carbocycles. The number of ether oxygens (including phenoxy) is 1. The second kappa shape index (κ2) is 9.98. The summed E-state index contributed by atoms with van der Waals surface area (Å²) in [7, 11) is 0. The van der Waals surface area contributed by atoms with Crippen molar-refractivity contribution in [1.29, 1.82) is 0 Å². The van der Waals surface area contributed by atoms with Gasteiger partial charge in [-0.1, -0.05) is 38.1 Å². The first-order valence-electron chi connectivity index (χ1n) is 9.65. The number of nitrogens with one attached hydrogen (secondary N) is 1. The van der Waals surface area contributed by atoms with Crippen molar-refractivity contribution < 1.29 is 14.5 Å². The third-order valence-electron chi connectivity index (χ3n) is 4.47. The number of carbonyl (C=O) groups is 1. The maximum Gasteiger partial charge on any atom is 0.270 e. The highest BCUT2D eigenvalue weighted by molar-refractivity contribution is 7.14. The Labute approximate surface area is 178 Å². The lowest BCUT2D eigenvalue weighted by Gasteiger charge is -2.08. The molecule has 8 heteroatoms. The van der Waals surface area contributed by atoms with E-state index in [9.17, 15) is 14.9 Å². The van der Waals surface area contributed by atoms with Crippen LogP contribution in [-0.4, -0.2) is 22.4 Å². The molecule has 1 heterocycles. The van der Waals surface area contributed by atoms with E-state index in [4.69, 9.17) is 4.74 Å². The molecule has 1 amide bonds. The van der Waals surface area contributed by atoms with E-state index in [1.165, 1.54) is 29.0 Å². The summed E-state index contributed by atoms with van der Waals surface area (Å²) in [6.07, 6.45) is 0.899. The molecule has 156 valence electrons. The van der Waals surface area contributed by atoms with Gasteiger partial charge in [-0.2, -0.15) is 0 Å². The minimum atomic E-state index is -0.445. The summed E-state index contributed by atoms with van der Waals surface area (Å²) in [5, 5.41) is 15.9. The lowest BCUT2D eigenvalue weighted by molar-refractivity contribution is -0.384. The molecule has 0 saturated heterocycles. The fraction of sp³-hybridized carbons (Fsp3) is 0.273. The molecule has 1 N–H and O–H groups in total. The van der Waals surface area contributed by atoms with Crippen molar-refractivity contribution in [3.63, 3.8) is 0 Å². The second-order valence-electron chi connectivity index (χ2n) is 7.07. The predicted octanol–water partition coefficient (Wildman–Crippen LogP) is 5.64. The summed E-state index contributed by atoms with van der Waals surface area (Å²) < 4.78 is 5.69. The van der Waals surface area contributed by atoms with Crippen molar-refractivity contribution >= 4 is 28.1 Å². The van der Waals surface area contributed by atoms with Crippen molar-refractivity contribution in [2.75, 3.05) is 11.9 Å². The van der Waals surface area contributed by atoms with Crippen LogP contribution in [0.2, 0.25) is 0 Å². The Kier molecular flexibility index (Phi) is 7.13. The summed E-state index contributed by atoms with van der Waals surface area (Å²) in [4.78, 5) is 27.0. The van der Waals surface area contributed by atoms with Gasteiger partial charge in [-0.15, -0.1) is 11.3 Å². The first-order chi connectivity index (χ1) is 14.4. The molecular formula is C22H23N3O4S. The van der Waals surface area contributed by atoms with Crippen LogP contribution in [-0.2, 0) is 4.79 Å². The topological polar surface area (TPSA) is 94.4 Å². The number of benzene rings is 2. The van der Waals surface area contributed by atoms with Crippen molar-refractivity contribution in [2.24, 2.45) is 0 Å². The Bertz CT molecular complexity index is 1020. The molecule has 3 rings (SSSR count). The highest BCUT2D eigenvalue weighted by Crippen LogP contribution is 2.27. The number of rotatable bonds is 9. The van der Waals surface area contributed by atoms with Crippen molar-refractivity contribution in [1.82, 2.24) is 4.98 Å². The van der Waals surface area contributed by atoms with E-state index in [1.54, 1.807) is 17.5 Å². The summed E-state index contributed by atoms with van der Waals surface area (Å²) in [6.45, 7) is 4.73. The van der Waals surface area contributed by atoms with E-state index in [0.29, 0.717) is 41.8 Å². The standard InChI is InChI=1S/C22H23N3O4S/c1-15(2)16-8-10-19(11-9-16)29-12-4-7-21(26)24-22-23-20(14-30-22)17-5-3-6-18(13-17)25(27)28/h3,5-6,8-11,13-15H,4,7,12H2,1-2H3,(H,23,24,26). The maximum absolute atomic E-state index is 12.1. The third-order valence-corrected chi connectivity index (χ3v) is 5.22. The van der Waals surface area contributed by atoms with E-state index in [-0.39, 0.29) is 11.6 Å². The lowest BCUT2D eigenvalue weighted by Crippen LogP contribution is -2.12. The molecule has 30 heavy (non-hydrogen) atoms. The van der Waals surface area contributed by atoms with Crippen LogP contribution in [0.3, 0.4) is 0 Å². The SMILES string of the molecule is CC(C)c1ccc(OCCCC(=O)Nc2nc(-c3cccc([N+](=O)[O-])c3)cs2)cc1. The van der Waals surface area contributed by atoms with Crippen molar-refractivity contribution in [3.05, 3.63) is 69.6 Å². The molecule has 0 atom stereocenters. The smallest absolute Gasteiger partial charge is 0.270 e. The molecule has 2 aromatic carbocycles. The summed E-state index contributed by atoms with van der Waals surface area (Å²) in [6, 6.07) is 14.2. The number of nitro benzene ring substituents is 1. The molecular weight excluding hydrogens is 402 g/mol. The Hall–Kier alpha value is -3.26. The Morgan fingerprint density at radius 2 is 2.00 bits per heavy atom. The Balaban J connectivity index is 1.45. The number of nitrogens with zero attached hydrogens (tertiary/aromatic N) is 2. The number of anilines is 1. The first kappa shape index (κ1) is 21.4. The molecule has 0 spiro atoms. The van der Waals surface area contributed by atoms with E-state index in [2.05, 4.69) is 24.1 Å². The number of thiazole rings is 1. The first-order valence-corrected chi connectivity index (χ1v) is 10.5. The van der Waals surface area contributed by atoms with Gasteiger partial charge < -0.3 is 10.1 Å². The average Bonchev–Trinajstić information content (AvgIpc) is 3.20. The van der Waals surface area contributed by atoms with Crippen molar-refractivity contribution in [3.8, 4) is 17.0 Å². The van der Waals surface area contributed by atoms with Crippen LogP contribution in [0.15, 0.2) is 53.9 Å². The van der Waals surface area contributed by atoms with Gasteiger partial charge in [0.15, 0.2) is 5.13 Å². The summed E-state index contributed by atoms with van der Waals surface area (Å²) in [5.41, 5.74) is 2.49. The highest BCUT2D eigenvalue weighted by Gasteiger charge is 2.11. The molecule has 0 aliphatic heterocycles. The van der Waals surface area contributed by atoms with E-state index >= 15 is 0 Å². The molecule has 0 fully saturated rings. The van der Waals surface area contributed by atoms with Crippen LogP contribution < -0.4 is 10.1 Å². The minimum Gasteiger partial charge on any atom is -0.494 e. The second-order valence-corrected chi connectivity index (χ2v) is 7.93. The van der Waals surface area contributed by atoms with Gasteiger partial charge in [0.1, 0.15) is 5.75 Å². The molecule has 3 aromatic rings. The van der Waals surface area contributed by atoms with Crippen LogP contribution in [0.5, 0.6) is 5.75 Å². The van der Waals surface area contributed by atoms with E-state index in [0.717, 1.165) is 5.75 Å². The van der Waals surface area contributed by atoms with Gasteiger partial charge in [0.25, 0.3) is 5.69 Å². The van der Waals surface area contributed by atoms with Crippen LogP contribution in [0.25, 0.3) is 11.3 Å². The van der Waals surface area contributed by atoms with Crippen molar-refractivity contribution in [2.45, 2.75) is 32.6 Å². The number of aromatic nitrogens is 1. The number of nitro groups is 1.